The Morgan fingerprint density at radius 1 is 1.40 bits per heavy atom. The molecule has 0 aromatic carbocycles. The summed E-state index contributed by atoms with van der Waals surface area (Å²) < 4.78 is 5.38. The van der Waals surface area contributed by atoms with Crippen molar-refractivity contribution in [1.82, 2.24) is 4.98 Å². The lowest BCUT2D eigenvalue weighted by Crippen LogP contribution is -1.66. The highest BCUT2D eigenvalue weighted by Gasteiger charge is 2.05. The van der Waals surface area contributed by atoms with Gasteiger partial charge in [0.25, 0.3) is 0 Å². The fourth-order valence-electron chi connectivity index (χ4n) is 1.15. The number of furan rings is 1. The van der Waals surface area contributed by atoms with Crippen LogP contribution in [0.3, 0.4) is 0 Å². The third-order valence-electron chi connectivity index (χ3n) is 1.90. The maximum Gasteiger partial charge on any atom is 0.204 e. The number of H-pyrrole nitrogens is 1. The topological polar surface area (TPSA) is 28.9 Å². The van der Waals surface area contributed by atoms with Gasteiger partial charge in [0.05, 0.1) is 0 Å². The molecule has 0 aliphatic rings. The highest BCUT2D eigenvalue weighted by atomic mass is 16.3. The van der Waals surface area contributed by atoms with Gasteiger partial charge < -0.3 is 9.40 Å². The van der Waals surface area contributed by atoms with E-state index < -0.39 is 0 Å². The van der Waals surface area contributed by atoms with E-state index in [1.165, 1.54) is 10.9 Å². The second kappa shape index (κ2) is 1.66. The van der Waals surface area contributed by atoms with E-state index in [0.717, 1.165) is 11.5 Å². The van der Waals surface area contributed by atoms with Crippen LogP contribution in [0.1, 0.15) is 11.3 Å². The van der Waals surface area contributed by atoms with Crippen molar-refractivity contribution in [1.29, 1.82) is 0 Å². The van der Waals surface area contributed by atoms with Crippen molar-refractivity contribution >= 4 is 11.1 Å². The van der Waals surface area contributed by atoms with Crippen LogP contribution in [-0.4, -0.2) is 4.98 Å². The standard InChI is InChI=1S/C8H9NO/c1-5-6(2)10-8-7(5)3-4-9-8/h3-4,9H,1-2H3. The summed E-state index contributed by atoms with van der Waals surface area (Å²) in [5.41, 5.74) is 2.12. The van der Waals surface area contributed by atoms with Gasteiger partial charge in [-0.15, -0.1) is 0 Å². The number of hydrogen-bond donors (Lipinski definition) is 1. The Morgan fingerprint density at radius 2 is 2.20 bits per heavy atom. The van der Waals surface area contributed by atoms with E-state index in [4.69, 9.17) is 4.42 Å². The first-order valence-electron chi connectivity index (χ1n) is 3.32. The van der Waals surface area contributed by atoms with Crippen LogP contribution in [0, 0.1) is 13.8 Å². The molecular formula is C8H9NO. The highest BCUT2D eigenvalue weighted by Crippen LogP contribution is 2.22. The van der Waals surface area contributed by atoms with Crippen LogP contribution in [0.5, 0.6) is 0 Å². The Bertz CT molecular complexity index is 356. The average Bonchev–Trinajstić information content (AvgIpc) is 2.41. The molecule has 2 aromatic rings. The first-order chi connectivity index (χ1) is 4.79. The van der Waals surface area contributed by atoms with Gasteiger partial charge in [0.1, 0.15) is 5.76 Å². The number of aromatic nitrogens is 1. The number of fused-ring (bicyclic) bond motifs is 1. The molecule has 2 heteroatoms. The largest absolute Gasteiger partial charge is 0.445 e. The number of aromatic amines is 1. The Labute approximate surface area is 58.8 Å². The second-order valence-electron chi connectivity index (χ2n) is 2.50. The summed E-state index contributed by atoms with van der Waals surface area (Å²) in [6, 6.07) is 2.03. The number of rotatable bonds is 0. The maximum atomic E-state index is 5.38. The molecule has 0 aliphatic heterocycles. The van der Waals surface area contributed by atoms with Gasteiger partial charge >= 0.3 is 0 Å². The van der Waals surface area contributed by atoms with E-state index in [1.54, 1.807) is 0 Å². The van der Waals surface area contributed by atoms with Crippen LogP contribution in [0.4, 0.5) is 0 Å². The van der Waals surface area contributed by atoms with Crippen molar-refractivity contribution < 1.29 is 4.42 Å². The van der Waals surface area contributed by atoms with Gasteiger partial charge in [0.2, 0.25) is 5.71 Å². The maximum absolute atomic E-state index is 5.38. The minimum Gasteiger partial charge on any atom is -0.445 e. The molecule has 2 rings (SSSR count). The molecule has 0 radical (unpaired) electrons. The second-order valence-corrected chi connectivity index (χ2v) is 2.50. The van der Waals surface area contributed by atoms with Crippen LogP contribution in [0.2, 0.25) is 0 Å². The minimum absolute atomic E-state index is 0.884. The first-order valence-corrected chi connectivity index (χ1v) is 3.32. The van der Waals surface area contributed by atoms with E-state index in [-0.39, 0.29) is 0 Å². The summed E-state index contributed by atoms with van der Waals surface area (Å²) in [4.78, 5) is 3.01. The van der Waals surface area contributed by atoms with Gasteiger partial charge in [-0.1, -0.05) is 0 Å². The molecule has 0 saturated heterocycles. The molecule has 2 heterocycles. The number of nitrogens with one attached hydrogen (secondary N) is 1. The highest BCUT2D eigenvalue weighted by molar-refractivity contribution is 5.79. The molecule has 0 atom stereocenters. The van der Waals surface area contributed by atoms with Crippen molar-refractivity contribution in [3.63, 3.8) is 0 Å². The van der Waals surface area contributed by atoms with Crippen molar-refractivity contribution in [2.75, 3.05) is 0 Å². The fourth-order valence-corrected chi connectivity index (χ4v) is 1.15. The third kappa shape index (κ3) is 0.533. The average molecular weight is 135 g/mol. The summed E-state index contributed by atoms with van der Waals surface area (Å²) in [7, 11) is 0. The SMILES string of the molecule is Cc1oc2[nH]ccc2c1C. The molecule has 0 fully saturated rings. The molecule has 1 N–H and O–H groups in total. The quantitative estimate of drug-likeness (QED) is 0.590. The number of aryl methyl sites for hydroxylation is 2. The molecule has 0 bridgehead atoms. The lowest BCUT2D eigenvalue weighted by molar-refractivity contribution is 0.565. The Balaban J connectivity index is 2.95. The van der Waals surface area contributed by atoms with E-state index in [0.29, 0.717) is 0 Å². The molecule has 2 nitrogen and oxygen atoms in total. The van der Waals surface area contributed by atoms with Gasteiger partial charge in [0, 0.05) is 11.6 Å². The van der Waals surface area contributed by atoms with E-state index in [9.17, 15) is 0 Å². The Kier molecular flexibility index (Phi) is 0.926. The molecule has 0 spiro atoms. The van der Waals surface area contributed by atoms with Gasteiger partial charge in [-0.25, -0.2) is 0 Å². The summed E-state index contributed by atoms with van der Waals surface area (Å²) >= 11 is 0. The van der Waals surface area contributed by atoms with Crippen molar-refractivity contribution in [3.8, 4) is 0 Å². The number of hydrogen-bond acceptors (Lipinski definition) is 1. The monoisotopic (exact) mass is 135 g/mol. The molecule has 0 saturated carbocycles. The third-order valence-corrected chi connectivity index (χ3v) is 1.90. The van der Waals surface area contributed by atoms with Crippen LogP contribution in [-0.2, 0) is 0 Å². The lowest BCUT2D eigenvalue weighted by atomic mass is 10.2. The molecule has 52 valence electrons. The van der Waals surface area contributed by atoms with Crippen LogP contribution >= 0.6 is 0 Å². The van der Waals surface area contributed by atoms with Crippen molar-refractivity contribution in [2.45, 2.75) is 13.8 Å². The minimum atomic E-state index is 0.884. The zero-order chi connectivity index (χ0) is 7.14. The van der Waals surface area contributed by atoms with Crippen LogP contribution in [0.15, 0.2) is 16.7 Å². The molecule has 0 amide bonds. The predicted molar refractivity (Wildman–Crippen MR) is 40.0 cm³/mol. The molecule has 10 heavy (non-hydrogen) atoms. The smallest absolute Gasteiger partial charge is 0.204 e. The van der Waals surface area contributed by atoms with Gasteiger partial charge in [-0.3, -0.25) is 0 Å². The van der Waals surface area contributed by atoms with Crippen LogP contribution in [0.25, 0.3) is 11.1 Å². The van der Waals surface area contributed by atoms with E-state index in [1.807, 2.05) is 19.2 Å². The lowest BCUT2D eigenvalue weighted by Gasteiger charge is -1.82. The van der Waals surface area contributed by atoms with Crippen molar-refractivity contribution in [2.24, 2.45) is 0 Å². The summed E-state index contributed by atoms with van der Waals surface area (Å²) in [6.07, 6.45) is 1.89. The van der Waals surface area contributed by atoms with E-state index >= 15 is 0 Å². The zero-order valence-corrected chi connectivity index (χ0v) is 6.06. The van der Waals surface area contributed by atoms with Gasteiger partial charge in [-0.05, 0) is 25.5 Å². The summed E-state index contributed by atoms with van der Waals surface area (Å²) in [5, 5.41) is 1.19. The van der Waals surface area contributed by atoms with Crippen LogP contribution < -0.4 is 0 Å². The summed E-state index contributed by atoms with van der Waals surface area (Å²) in [6.45, 7) is 4.04. The Hall–Kier alpha value is -1.18. The molecule has 2 aromatic heterocycles. The van der Waals surface area contributed by atoms with Gasteiger partial charge in [-0.2, -0.15) is 0 Å². The Morgan fingerprint density at radius 3 is 2.90 bits per heavy atom. The van der Waals surface area contributed by atoms with Crippen molar-refractivity contribution in [3.05, 3.63) is 23.6 Å². The zero-order valence-electron chi connectivity index (χ0n) is 6.06. The normalized spacial score (nSPS) is 11.0. The molecule has 0 aliphatic carbocycles. The predicted octanol–water partition coefficient (Wildman–Crippen LogP) is 2.38. The molecular weight excluding hydrogens is 126 g/mol. The molecule has 0 unspecified atom stereocenters. The fraction of sp³-hybridized carbons (Fsp3) is 0.250. The first kappa shape index (κ1) is 5.59. The summed E-state index contributed by atoms with van der Waals surface area (Å²) in [5.74, 6) is 1.00. The van der Waals surface area contributed by atoms with Gasteiger partial charge in [0.15, 0.2) is 0 Å². The van der Waals surface area contributed by atoms with E-state index in [2.05, 4.69) is 11.9 Å².